The first-order valence-corrected chi connectivity index (χ1v) is 17.4. The Hall–Kier alpha value is -4.89. The molecule has 51 heavy (non-hydrogen) atoms. The number of halogens is 2. The van der Waals surface area contributed by atoms with E-state index in [1.807, 2.05) is 28.3 Å². The van der Waals surface area contributed by atoms with E-state index in [-0.39, 0.29) is 17.9 Å². The number of hydrogen-bond donors (Lipinski definition) is 3. The molecule has 264 valence electrons. The molecule has 0 spiro atoms. The molecule has 0 saturated carbocycles. The average molecular weight is 731 g/mol. The van der Waals surface area contributed by atoms with Crippen molar-refractivity contribution < 1.29 is 14.3 Å². The summed E-state index contributed by atoms with van der Waals surface area (Å²) in [6.45, 7) is 4.30. The number of pyridine rings is 2. The zero-order valence-electron chi connectivity index (χ0n) is 28.2. The fourth-order valence-corrected chi connectivity index (χ4v) is 7.10. The predicted molar refractivity (Wildman–Crippen MR) is 193 cm³/mol. The van der Waals surface area contributed by atoms with Gasteiger partial charge in [0, 0.05) is 93.8 Å². The van der Waals surface area contributed by atoms with Crippen molar-refractivity contribution in [1.82, 2.24) is 49.8 Å². The molecule has 14 nitrogen and oxygen atoms in total. The van der Waals surface area contributed by atoms with Gasteiger partial charge in [0.25, 0.3) is 5.91 Å². The topological polar surface area (TPSA) is 157 Å². The lowest BCUT2D eigenvalue weighted by Gasteiger charge is -2.26. The lowest BCUT2D eigenvalue weighted by Crippen LogP contribution is -2.35. The third-order valence-electron chi connectivity index (χ3n) is 9.27. The molecule has 7 rings (SSSR count). The molecule has 3 N–H and O–H groups in total. The van der Waals surface area contributed by atoms with Gasteiger partial charge in [0.2, 0.25) is 11.8 Å². The second kappa shape index (κ2) is 15.2. The molecule has 6 heterocycles. The van der Waals surface area contributed by atoms with Gasteiger partial charge in [-0.25, -0.2) is 9.97 Å². The van der Waals surface area contributed by atoms with Crippen LogP contribution in [0, 0.1) is 0 Å². The van der Waals surface area contributed by atoms with Gasteiger partial charge in [-0.15, -0.1) is 10.2 Å². The second-order valence-electron chi connectivity index (χ2n) is 12.6. The summed E-state index contributed by atoms with van der Waals surface area (Å²) < 4.78 is 9.42. The van der Waals surface area contributed by atoms with Gasteiger partial charge >= 0.3 is 0 Å². The van der Waals surface area contributed by atoms with Gasteiger partial charge in [0.05, 0.1) is 39.9 Å². The molecule has 2 aliphatic rings. The third-order valence-corrected chi connectivity index (χ3v) is 10.1. The van der Waals surface area contributed by atoms with Crippen molar-refractivity contribution in [3.63, 3.8) is 0 Å². The van der Waals surface area contributed by atoms with Crippen molar-refractivity contribution >= 4 is 40.7 Å². The van der Waals surface area contributed by atoms with Gasteiger partial charge in [-0.3, -0.25) is 19.5 Å². The van der Waals surface area contributed by atoms with Crippen LogP contribution in [0.4, 0.5) is 5.69 Å². The number of fused-ring (bicyclic) bond motifs is 1. The highest BCUT2D eigenvalue weighted by Gasteiger charge is 2.26. The number of anilines is 1. The molecule has 4 aromatic heterocycles. The van der Waals surface area contributed by atoms with Gasteiger partial charge in [0.15, 0.2) is 5.82 Å². The number of ether oxygens (including phenoxy) is 1. The van der Waals surface area contributed by atoms with Crippen LogP contribution in [-0.4, -0.2) is 83.8 Å². The number of imidazole rings is 1. The summed E-state index contributed by atoms with van der Waals surface area (Å²) in [5.74, 6) is 0.491. The molecule has 1 fully saturated rings. The van der Waals surface area contributed by atoms with Crippen molar-refractivity contribution in [2.75, 3.05) is 32.1 Å². The van der Waals surface area contributed by atoms with E-state index >= 15 is 0 Å². The molecular formula is C35H37Cl2N11O3. The van der Waals surface area contributed by atoms with Crippen LogP contribution in [-0.2, 0) is 37.9 Å². The van der Waals surface area contributed by atoms with Crippen LogP contribution in [0.2, 0.25) is 10.0 Å². The van der Waals surface area contributed by atoms with E-state index in [4.69, 9.17) is 37.9 Å². The molecule has 1 saturated heterocycles. The van der Waals surface area contributed by atoms with Crippen LogP contribution in [0.25, 0.3) is 22.5 Å². The molecule has 1 aromatic carbocycles. The van der Waals surface area contributed by atoms with Crippen molar-refractivity contribution in [3.8, 4) is 28.4 Å². The maximum atomic E-state index is 13.6. The SMILES string of the molecule is COc1nc(-c2ccnc(-c3cccc(NC(=O)c4nc5c(n4C)CCN(CCn4cnnc4)C5)c3Cl)c2Cl)ccc1CNCC1CCC(=O)N1. The number of benzene rings is 1. The maximum Gasteiger partial charge on any atom is 0.291 e. The van der Waals surface area contributed by atoms with Crippen LogP contribution in [0.1, 0.15) is 40.4 Å². The fourth-order valence-electron chi connectivity index (χ4n) is 6.53. The molecule has 0 aliphatic carbocycles. The molecule has 1 atom stereocenters. The number of carbonyl (C=O) groups is 2. The van der Waals surface area contributed by atoms with E-state index in [1.165, 1.54) is 0 Å². The van der Waals surface area contributed by atoms with E-state index in [0.717, 1.165) is 49.4 Å². The molecule has 0 bridgehead atoms. The number of rotatable bonds is 12. The summed E-state index contributed by atoms with van der Waals surface area (Å²) in [7, 11) is 3.44. The highest BCUT2D eigenvalue weighted by Crippen LogP contribution is 2.40. The lowest BCUT2D eigenvalue weighted by molar-refractivity contribution is -0.119. The first kappa shape index (κ1) is 34.6. The molecule has 1 unspecified atom stereocenters. The molecule has 0 radical (unpaired) electrons. The highest BCUT2D eigenvalue weighted by atomic mass is 35.5. The first-order chi connectivity index (χ1) is 24.8. The number of carbonyl (C=O) groups excluding carboxylic acids is 2. The van der Waals surface area contributed by atoms with Crippen molar-refractivity contribution in [1.29, 1.82) is 0 Å². The number of nitrogens with zero attached hydrogens (tertiary/aromatic N) is 8. The number of hydrogen-bond acceptors (Lipinski definition) is 10. The van der Waals surface area contributed by atoms with Crippen molar-refractivity contribution in [3.05, 3.63) is 88.1 Å². The van der Waals surface area contributed by atoms with Gasteiger partial charge in [-0.2, -0.15) is 0 Å². The largest absolute Gasteiger partial charge is 0.481 e. The van der Waals surface area contributed by atoms with Crippen molar-refractivity contribution in [2.45, 2.75) is 44.9 Å². The summed E-state index contributed by atoms with van der Waals surface area (Å²) in [5, 5.41) is 17.7. The Bertz CT molecular complexity index is 2070. The standard InChI is InChI=1S/C35H37Cl2N11O3/c1-46-28-11-13-47(14-15-48-19-40-41-20-48)18-27(28)43-33(46)34(50)44-26-5-3-4-24(30(26)36)32-31(37)23(10-12-39-32)25-8-6-21(35(45-25)51-2)16-38-17-22-7-9-29(49)42-22/h3-6,8,10,12,19-20,22,38H,7,9,11,13-18H2,1-2H3,(H,42,49)(H,44,50). The first-order valence-electron chi connectivity index (χ1n) is 16.7. The van der Waals surface area contributed by atoms with Gasteiger partial charge in [0.1, 0.15) is 12.7 Å². The van der Waals surface area contributed by atoms with E-state index in [2.05, 4.69) is 36.0 Å². The summed E-state index contributed by atoms with van der Waals surface area (Å²) >= 11 is 13.9. The maximum absolute atomic E-state index is 13.6. The van der Waals surface area contributed by atoms with Crippen LogP contribution in [0.15, 0.2) is 55.2 Å². The summed E-state index contributed by atoms with van der Waals surface area (Å²) in [4.78, 5) is 41.4. The Labute approximate surface area is 304 Å². The number of aromatic nitrogens is 7. The predicted octanol–water partition coefficient (Wildman–Crippen LogP) is 4.13. The Morgan fingerprint density at radius 2 is 1.88 bits per heavy atom. The molecular weight excluding hydrogens is 693 g/mol. The summed E-state index contributed by atoms with van der Waals surface area (Å²) in [5.41, 5.74) is 5.46. The summed E-state index contributed by atoms with van der Waals surface area (Å²) in [6.07, 6.45) is 7.22. The third kappa shape index (κ3) is 7.45. The minimum absolute atomic E-state index is 0.0867. The van der Waals surface area contributed by atoms with Gasteiger partial charge < -0.3 is 29.8 Å². The van der Waals surface area contributed by atoms with E-state index < -0.39 is 0 Å². The van der Waals surface area contributed by atoms with Crippen LogP contribution >= 0.6 is 23.2 Å². The monoisotopic (exact) mass is 729 g/mol. The number of nitrogens with one attached hydrogen (secondary N) is 3. The molecule has 16 heteroatoms. The molecule has 5 aromatic rings. The normalized spacial score (nSPS) is 15.8. The van der Waals surface area contributed by atoms with Gasteiger partial charge in [-0.1, -0.05) is 41.4 Å². The average Bonchev–Trinajstić information content (AvgIpc) is 3.89. The highest BCUT2D eigenvalue weighted by molar-refractivity contribution is 6.39. The number of amides is 2. The van der Waals surface area contributed by atoms with E-state index in [0.29, 0.717) is 76.0 Å². The Morgan fingerprint density at radius 3 is 2.67 bits per heavy atom. The molecule has 2 amide bonds. The minimum atomic E-state index is -0.367. The van der Waals surface area contributed by atoms with E-state index in [9.17, 15) is 9.59 Å². The zero-order valence-corrected chi connectivity index (χ0v) is 29.7. The number of methoxy groups -OCH3 is 1. The van der Waals surface area contributed by atoms with Gasteiger partial charge in [-0.05, 0) is 24.6 Å². The van der Waals surface area contributed by atoms with Crippen LogP contribution in [0.3, 0.4) is 0 Å². The smallest absolute Gasteiger partial charge is 0.291 e. The quantitative estimate of drug-likeness (QED) is 0.171. The zero-order chi connectivity index (χ0) is 35.5. The molecule has 2 aliphatic heterocycles. The van der Waals surface area contributed by atoms with Crippen molar-refractivity contribution in [2.24, 2.45) is 7.05 Å². The Kier molecular flexibility index (Phi) is 10.3. The van der Waals surface area contributed by atoms with Crippen LogP contribution < -0.4 is 20.7 Å². The fraction of sp³-hybridized carbons (Fsp3) is 0.343. The Balaban J connectivity index is 1.06. The lowest BCUT2D eigenvalue weighted by atomic mass is 10.1. The second-order valence-corrected chi connectivity index (χ2v) is 13.3. The summed E-state index contributed by atoms with van der Waals surface area (Å²) in [6, 6.07) is 11.1. The Morgan fingerprint density at radius 1 is 1.04 bits per heavy atom. The minimum Gasteiger partial charge on any atom is -0.481 e. The van der Waals surface area contributed by atoms with E-state index in [1.54, 1.807) is 50.2 Å². The van der Waals surface area contributed by atoms with Crippen LogP contribution in [0.5, 0.6) is 5.88 Å².